The fraction of sp³-hybridized carbons (Fsp3) is 0.229. The maximum absolute atomic E-state index is 3.31. The van der Waals surface area contributed by atoms with Crippen molar-refractivity contribution >= 4 is 30.7 Å². The van der Waals surface area contributed by atoms with Gasteiger partial charge >= 0.3 is 26.2 Å². The second-order valence-electron chi connectivity index (χ2n) is 9.97. The first-order valence-corrected chi connectivity index (χ1v) is 14.2. The summed E-state index contributed by atoms with van der Waals surface area (Å²) < 4.78 is 0. The average Bonchev–Trinajstić information content (AvgIpc) is 3.45. The normalized spacial score (nSPS) is 10.8. The first-order chi connectivity index (χ1) is 17.6. The molecule has 6 rings (SSSR count). The van der Waals surface area contributed by atoms with E-state index < -0.39 is 0 Å². The zero-order valence-electron chi connectivity index (χ0n) is 23.2. The molecule has 1 aliphatic heterocycles. The maximum atomic E-state index is 3.31. The summed E-state index contributed by atoms with van der Waals surface area (Å²) in [5.74, 6) is 0. The minimum absolute atomic E-state index is 0. The van der Waals surface area contributed by atoms with Crippen LogP contribution in [0.4, 0.5) is 0 Å². The Hall–Kier alpha value is -1.83. The van der Waals surface area contributed by atoms with E-state index in [1.165, 1.54) is 84.9 Å². The molecule has 0 bridgehead atoms. The number of hydrogen-bond acceptors (Lipinski definition) is 0. The van der Waals surface area contributed by atoms with E-state index in [9.17, 15) is 0 Å². The largest absolute Gasteiger partial charge is 4.00 e. The number of aryl methyl sites for hydroxylation is 4. The summed E-state index contributed by atoms with van der Waals surface area (Å²) in [7, 11) is 0.795. The topological polar surface area (TPSA) is 0 Å². The third-order valence-electron chi connectivity index (χ3n) is 6.94. The van der Waals surface area contributed by atoms with Gasteiger partial charge in [-0.3, -0.25) is 0 Å². The van der Waals surface area contributed by atoms with E-state index in [0.717, 1.165) is 15.9 Å². The standard InChI is InChI=1S/C23H27.C12H7Si.2ClH.Zr/c1-5-7-18-14-20-10-9-19(8-6-2)23(22(20)15-18)21-12-16(3)11-17(4)13-21;1-3-7-11-9(5-1)10-6-2-4-8-12(10)13-11;;;/h9-15H,5-8H2,1-4H3;1-7H;2*1H;/q2*-1;;;+4/p-2. The first kappa shape index (κ1) is 33.4. The van der Waals surface area contributed by atoms with Crippen LogP contribution in [-0.2, 0) is 39.0 Å². The van der Waals surface area contributed by atoms with Gasteiger partial charge in [-0.25, -0.2) is 0 Å². The summed E-state index contributed by atoms with van der Waals surface area (Å²) in [5, 5.41) is 5.65. The molecule has 1 heterocycles. The average molecular weight is 645 g/mol. The zero-order valence-corrected chi connectivity index (χ0v) is 28.1. The van der Waals surface area contributed by atoms with Gasteiger partial charge in [-0.15, -0.1) is 40.1 Å². The van der Waals surface area contributed by atoms with Crippen molar-refractivity contribution in [3.05, 3.63) is 113 Å². The fourth-order valence-electron chi connectivity index (χ4n) is 5.49. The van der Waals surface area contributed by atoms with Crippen molar-refractivity contribution < 1.29 is 51.0 Å². The molecule has 0 aromatic heterocycles. The van der Waals surface area contributed by atoms with E-state index in [-0.39, 0.29) is 51.0 Å². The van der Waals surface area contributed by atoms with E-state index in [0.29, 0.717) is 0 Å². The van der Waals surface area contributed by atoms with Crippen LogP contribution in [-0.4, -0.2) is 9.52 Å². The van der Waals surface area contributed by atoms with Gasteiger partial charge in [-0.05, 0) is 32.3 Å². The van der Waals surface area contributed by atoms with Gasteiger partial charge in [-0.2, -0.15) is 35.5 Å². The van der Waals surface area contributed by atoms with Crippen molar-refractivity contribution in [1.82, 2.24) is 0 Å². The van der Waals surface area contributed by atoms with Gasteiger partial charge in [0, 0.05) is 0 Å². The predicted octanol–water partition coefficient (Wildman–Crippen LogP) is 1.88. The molecule has 0 nitrogen and oxygen atoms in total. The molecule has 0 saturated carbocycles. The Bertz CT molecular complexity index is 1460. The smallest absolute Gasteiger partial charge is 1.00 e. The van der Waals surface area contributed by atoms with Crippen LogP contribution in [0, 0.1) is 19.9 Å². The van der Waals surface area contributed by atoms with Crippen molar-refractivity contribution in [2.75, 3.05) is 0 Å². The summed E-state index contributed by atoms with van der Waals surface area (Å²) in [6, 6.07) is 34.6. The number of halogens is 2. The minimum atomic E-state index is 0. The molecule has 2 radical (unpaired) electrons. The molecule has 0 unspecified atom stereocenters. The van der Waals surface area contributed by atoms with Gasteiger partial charge in [0.15, 0.2) is 0 Å². The molecule has 1 aliphatic rings. The first-order valence-electron chi connectivity index (χ1n) is 13.2. The molecule has 196 valence electrons. The zero-order chi connectivity index (χ0) is 25.1. The molecule has 4 heteroatoms. The summed E-state index contributed by atoms with van der Waals surface area (Å²) in [6.07, 6.45) is 4.71. The number of hydrogen-bond donors (Lipinski definition) is 0. The van der Waals surface area contributed by atoms with Gasteiger partial charge in [0.2, 0.25) is 0 Å². The third-order valence-corrected chi connectivity index (χ3v) is 8.31. The second kappa shape index (κ2) is 15.2. The van der Waals surface area contributed by atoms with Gasteiger partial charge in [-0.1, -0.05) is 102 Å². The number of benzene rings is 4. The summed E-state index contributed by atoms with van der Waals surface area (Å²) >= 11 is 0. The monoisotopic (exact) mass is 642 g/mol. The molecular weight excluding hydrogens is 611 g/mol. The van der Waals surface area contributed by atoms with Crippen LogP contribution < -0.4 is 35.2 Å². The SMILES string of the molecule is CCCc1cc2c(-c3cc(C)cc(C)c3)c(CCC)ccc2[cH-]1.[Cl-].[Cl-].[Zr+4].[c-]1cccc2c1[Si]c1ccccc1-2. The second-order valence-corrected chi connectivity index (χ2v) is 11.3. The molecule has 5 aromatic carbocycles. The number of rotatable bonds is 5. The summed E-state index contributed by atoms with van der Waals surface area (Å²) in [6.45, 7) is 8.92. The molecule has 0 fully saturated rings. The Morgan fingerprint density at radius 1 is 0.769 bits per heavy atom. The number of fused-ring (bicyclic) bond motifs is 4. The predicted molar refractivity (Wildman–Crippen MR) is 158 cm³/mol. The molecule has 0 aliphatic carbocycles. The molecule has 0 amide bonds. The van der Waals surface area contributed by atoms with E-state index in [1.54, 1.807) is 0 Å². The quantitative estimate of drug-likeness (QED) is 0.199. The molecule has 39 heavy (non-hydrogen) atoms. The Labute approximate surface area is 268 Å². The van der Waals surface area contributed by atoms with Crippen LogP contribution in [0.2, 0.25) is 0 Å². The van der Waals surface area contributed by atoms with Crippen molar-refractivity contribution in [2.45, 2.75) is 53.4 Å². The molecule has 5 aromatic rings. The van der Waals surface area contributed by atoms with Crippen molar-refractivity contribution in [1.29, 1.82) is 0 Å². The van der Waals surface area contributed by atoms with Crippen molar-refractivity contribution in [3.8, 4) is 22.3 Å². The van der Waals surface area contributed by atoms with E-state index >= 15 is 0 Å². The molecule has 0 atom stereocenters. The molecule has 0 spiro atoms. The Balaban J connectivity index is 0.000000285. The van der Waals surface area contributed by atoms with Gasteiger partial charge in [0.1, 0.15) is 0 Å². The van der Waals surface area contributed by atoms with Gasteiger partial charge < -0.3 is 24.8 Å². The van der Waals surface area contributed by atoms with Crippen molar-refractivity contribution in [2.24, 2.45) is 0 Å². The van der Waals surface area contributed by atoms with E-state index in [1.807, 2.05) is 6.07 Å². The maximum Gasteiger partial charge on any atom is 4.00 e. The molecule has 0 saturated heterocycles. The van der Waals surface area contributed by atoms with Crippen LogP contribution in [0.5, 0.6) is 0 Å². The summed E-state index contributed by atoms with van der Waals surface area (Å²) in [4.78, 5) is 0. The van der Waals surface area contributed by atoms with Crippen LogP contribution in [0.1, 0.15) is 48.9 Å². The summed E-state index contributed by atoms with van der Waals surface area (Å²) in [5.41, 5.74) is 11.3. The van der Waals surface area contributed by atoms with Crippen molar-refractivity contribution in [3.63, 3.8) is 0 Å². The Morgan fingerprint density at radius 2 is 1.46 bits per heavy atom. The van der Waals surface area contributed by atoms with Crippen LogP contribution in [0.25, 0.3) is 33.0 Å². The van der Waals surface area contributed by atoms with Gasteiger partial charge in [0.05, 0.1) is 9.52 Å². The Morgan fingerprint density at radius 3 is 2.18 bits per heavy atom. The van der Waals surface area contributed by atoms with E-state index in [4.69, 9.17) is 0 Å². The van der Waals surface area contributed by atoms with Crippen LogP contribution in [0.15, 0.2) is 84.9 Å². The van der Waals surface area contributed by atoms with Crippen LogP contribution >= 0.6 is 0 Å². The van der Waals surface area contributed by atoms with Crippen LogP contribution in [0.3, 0.4) is 0 Å². The minimum Gasteiger partial charge on any atom is -1.00 e. The fourth-order valence-corrected chi connectivity index (χ4v) is 6.80. The van der Waals surface area contributed by atoms with E-state index in [2.05, 4.69) is 113 Å². The molecule has 0 N–H and O–H groups in total. The van der Waals surface area contributed by atoms with Gasteiger partial charge in [0.25, 0.3) is 0 Å². The third kappa shape index (κ3) is 7.47. The molecular formula is C35H34Cl2SiZr. The Kier molecular flexibility index (Phi) is 13.0.